The van der Waals surface area contributed by atoms with E-state index in [-0.39, 0.29) is 24.5 Å². The first kappa shape index (κ1) is 27.4. The van der Waals surface area contributed by atoms with Gasteiger partial charge >= 0.3 is 11.9 Å². The third-order valence-electron chi connectivity index (χ3n) is 5.03. The third-order valence-corrected chi connectivity index (χ3v) is 5.03. The Morgan fingerprint density at radius 1 is 0.759 bits per heavy atom. The first-order valence-electron chi connectivity index (χ1n) is 11.7. The Labute approximate surface area is 177 Å². The first-order chi connectivity index (χ1) is 14.0. The summed E-state index contributed by atoms with van der Waals surface area (Å²) in [6.45, 7) is 4.02. The summed E-state index contributed by atoms with van der Waals surface area (Å²) in [7, 11) is 0. The second kappa shape index (κ2) is 19.7. The number of carbonyl (C=O) groups excluding carboxylic acids is 2. The predicted octanol–water partition coefficient (Wildman–Crippen LogP) is 5.38. The van der Waals surface area contributed by atoms with Gasteiger partial charge in [-0.25, -0.2) is 0 Å². The highest BCUT2D eigenvalue weighted by Gasteiger charge is 2.14. The SMILES string of the molecule is CCCCCCCCCC(=O)OC(CCCC)CCCCCC(=O)NCC(=O)O. The van der Waals surface area contributed by atoms with Crippen LogP contribution in [0.4, 0.5) is 0 Å². The Morgan fingerprint density at radius 3 is 1.97 bits per heavy atom. The molecule has 0 rings (SSSR count). The molecule has 170 valence electrons. The lowest BCUT2D eigenvalue weighted by Crippen LogP contribution is -2.28. The molecule has 0 saturated carbocycles. The first-order valence-corrected chi connectivity index (χ1v) is 11.7. The summed E-state index contributed by atoms with van der Waals surface area (Å²) in [5.41, 5.74) is 0. The summed E-state index contributed by atoms with van der Waals surface area (Å²) in [5.74, 6) is -1.33. The number of carboxylic acids is 1. The minimum absolute atomic E-state index is 0.0205. The van der Waals surface area contributed by atoms with Gasteiger partial charge in [0.15, 0.2) is 0 Å². The van der Waals surface area contributed by atoms with Crippen molar-refractivity contribution in [3.63, 3.8) is 0 Å². The van der Waals surface area contributed by atoms with Gasteiger partial charge in [-0.1, -0.05) is 71.6 Å². The Kier molecular flexibility index (Phi) is 18.6. The smallest absolute Gasteiger partial charge is 0.322 e. The second-order valence-corrected chi connectivity index (χ2v) is 7.90. The van der Waals surface area contributed by atoms with E-state index >= 15 is 0 Å². The Bertz CT molecular complexity index is 439. The van der Waals surface area contributed by atoms with Crippen molar-refractivity contribution in [2.75, 3.05) is 6.54 Å². The van der Waals surface area contributed by atoms with Crippen molar-refractivity contribution < 1.29 is 24.2 Å². The van der Waals surface area contributed by atoms with Crippen LogP contribution in [0, 0.1) is 0 Å². The van der Waals surface area contributed by atoms with Gasteiger partial charge in [-0.3, -0.25) is 14.4 Å². The number of hydrogen-bond donors (Lipinski definition) is 2. The summed E-state index contributed by atoms with van der Waals surface area (Å²) in [6, 6.07) is 0. The number of nitrogens with one attached hydrogen (secondary N) is 1. The molecule has 1 atom stereocenters. The summed E-state index contributed by atoms with van der Waals surface area (Å²) < 4.78 is 5.71. The van der Waals surface area contributed by atoms with Crippen molar-refractivity contribution >= 4 is 17.8 Å². The highest BCUT2D eigenvalue weighted by molar-refractivity contribution is 5.80. The highest BCUT2D eigenvalue weighted by Crippen LogP contribution is 2.16. The van der Waals surface area contributed by atoms with E-state index in [2.05, 4.69) is 19.2 Å². The number of rotatable bonds is 20. The fourth-order valence-electron chi connectivity index (χ4n) is 3.26. The van der Waals surface area contributed by atoms with Crippen LogP contribution in [-0.2, 0) is 19.1 Å². The van der Waals surface area contributed by atoms with Gasteiger partial charge in [0, 0.05) is 12.8 Å². The lowest BCUT2D eigenvalue weighted by atomic mass is 10.0. The van der Waals surface area contributed by atoms with Gasteiger partial charge in [-0.15, -0.1) is 0 Å². The molecule has 0 aromatic rings. The second-order valence-electron chi connectivity index (χ2n) is 7.90. The summed E-state index contributed by atoms with van der Waals surface area (Å²) in [4.78, 5) is 34.0. The van der Waals surface area contributed by atoms with Gasteiger partial charge in [0.25, 0.3) is 0 Å². The van der Waals surface area contributed by atoms with E-state index in [0.29, 0.717) is 12.8 Å². The van der Waals surface area contributed by atoms with Crippen LogP contribution in [0.25, 0.3) is 0 Å². The van der Waals surface area contributed by atoms with Crippen LogP contribution in [-0.4, -0.2) is 35.6 Å². The number of aliphatic carboxylic acids is 1. The van der Waals surface area contributed by atoms with Crippen molar-refractivity contribution in [3.8, 4) is 0 Å². The molecule has 2 N–H and O–H groups in total. The highest BCUT2D eigenvalue weighted by atomic mass is 16.5. The topological polar surface area (TPSA) is 92.7 Å². The molecule has 1 unspecified atom stereocenters. The van der Waals surface area contributed by atoms with Crippen LogP contribution in [0.15, 0.2) is 0 Å². The zero-order valence-electron chi connectivity index (χ0n) is 18.7. The largest absolute Gasteiger partial charge is 0.480 e. The van der Waals surface area contributed by atoms with Crippen LogP contribution < -0.4 is 5.32 Å². The van der Waals surface area contributed by atoms with Crippen LogP contribution >= 0.6 is 0 Å². The zero-order chi connectivity index (χ0) is 21.7. The molecule has 0 aliphatic carbocycles. The van der Waals surface area contributed by atoms with E-state index in [1.165, 1.54) is 32.1 Å². The number of carboxylic acid groups (broad SMARTS) is 1. The monoisotopic (exact) mass is 413 g/mol. The number of amides is 1. The van der Waals surface area contributed by atoms with E-state index in [1.807, 2.05) is 0 Å². The van der Waals surface area contributed by atoms with E-state index in [0.717, 1.165) is 57.8 Å². The molecule has 0 bridgehead atoms. The molecule has 6 heteroatoms. The van der Waals surface area contributed by atoms with Crippen molar-refractivity contribution in [1.82, 2.24) is 5.32 Å². The molecule has 0 heterocycles. The standard InChI is InChI=1S/C23H43NO5/c1-3-5-7-8-9-10-14-18-23(28)29-20(15-6-4-2)16-12-11-13-17-21(25)24-19-22(26)27/h20H,3-19H2,1-2H3,(H,24,25)(H,26,27). The molecular weight excluding hydrogens is 370 g/mol. The number of esters is 1. The predicted molar refractivity (Wildman–Crippen MR) is 116 cm³/mol. The molecule has 0 aromatic heterocycles. The van der Waals surface area contributed by atoms with Crippen LogP contribution in [0.3, 0.4) is 0 Å². The number of hydrogen-bond acceptors (Lipinski definition) is 4. The average Bonchev–Trinajstić information content (AvgIpc) is 2.69. The molecule has 0 spiro atoms. The Balaban J connectivity index is 3.90. The minimum Gasteiger partial charge on any atom is -0.480 e. The van der Waals surface area contributed by atoms with E-state index in [4.69, 9.17) is 9.84 Å². The van der Waals surface area contributed by atoms with Crippen molar-refractivity contribution in [3.05, 3.63) is 0 Å². The van der Waals surface area contributed by atoms with Crippen molar-refractivity contribution in [2.45, 2.75) is 123 Å². The van der Waals surface area contributed by atoms with Gasteiger partial charge in [-0.05, 0) is 32.1 Å². The summed E-state index contributed by atoms with van der Waals surface area (Å²) in [6.07, 6.45) is 15.5. The summed E-state index contributed by atoms with van der Waals surface area (Å²) >= 11 is 0. The molecular formula is C23H43NO5. The van der Waals surface area contributed by atoms with Crippen LogP contribution in [0.1, 0.15) is 117 Å². The Morgan fingerprint density at radius 2 is 1.31 bits per heavy atom. The van der Waals surface area contributed by atoms with Gasteiger partial charge in [0.1, 0.15) is 12.6 Å². The molecule has 1 amide bonds. The molecule has 0 fully saturated rings. The quantitative estimate of drug-likeness (QED) is 0.206. The fraction of sp³-hybridized carbons (Fsp3) is 0.870. The minimum atomic E-state index is -1.03. The molecule has 0 aliphatic rings. The molecule has 0 aliphatic heterocycles. The third kappa shape index (κ3) is 19.5. The van der Waals surface area contributed by atoms with E-state index in [1.54, 1.807) is 0 Å². The number of carbonyl (C=O) groups is 3. The zero-order valence-corrected chi connectivity index (χ0v) is 18.7. The fourth-order valence-corrected chi connectivity index (χ4v) is 3.26. The van der Waals surface area contributed by atoms with E-state index < -0.39 is 5.97 Å². The maximum absolute atomic E-state index is 12.1. The van der Waals surface area contributed by atoms with Gasteiger partial charge in [0.05, 0.1) is 0 Å². The molecule has 0 saturated heterocycles. The lowest BCUT2D eigenvalue weighted by molar-refractivity contribution is -0.150. The molecule has 0 radical (unpaired) electrons. The normalized spacial score (nSPS) is 11.8. The maximum atomic E-state index is 12.1. The maximum Gasteiger partial charge on any atom is 0.322 e. The molecule has 0 aromatic carbocycles. The molecule has 6 nitrogen and oxygen atoms in total. The Hall–Kier alpha value is -1.59. The van der Waals surface area contributed by atoms with Crippen LogP contribution in [0.2, 0.25) is 0 Å². The van der Waals surface area contributed by atoms with Crippen molar-refractivity contribution in [1.29, 1.82) is 0 Å². The molecule has 29 heavy (non-hydrogen) atoms. The van der Waals surface area contributed by atoms with Crippen molar-refractivity contribution in [2.24, 2.45) is 0 Å². The van der Waals surface area contributed by atoms with Crippen LogP contribution in [0.5, 0.6) is 0 Å². The van der Waals surface area contributed by atoms with Gasteiger partial charge < -0.3 is 15.2 Å². The lowest BCUT2D eigenvalue weighted by Gasteiger charge is -2.18. The van der Waals surface area contributed by atoms with Gasteiger partial charge in [-0.2, -0.15) is 0 Å². The number of unbranched alkanes of at least 4 members (excludes halogenated alkanes) is 9. The summed E-state index contributed by atoms with van der Waals surface area (Å²) in [5, 5.41) is 10.9. The number of ether oxygens (including phenoxy) is 1. The van der Waals surface area contributed by atoms with E-state index in [9.17, 15) is 14.4 Å². The van der Waals surface area contributed by atoms with Gasteiger partial charge in [0.2, 0.25) is 5.91 Å². The average molecular weight is 414 g/mol.